The van der Waals surface area contributed by atoms with Crippen molar-refractivity contribution < 1.29 is 22.7 Å². The lowest BCUT2D eigenvalue weighted by atomic mass is 9.82. The van der Waals surface area contributed by atoms with Crippen molar-refractivity contribution in [2.45, 2.75) is 24.9 Å². The van der Waals surface area contributed by atoms with Crippen molar-refractivity contribution in [1.82, 2.24) is 4.31 Å². The first-order chi connectivity index (χ1) is 13.3. The summed E-state index contributed by atoms with van der Waals surface area (Å²) >= 11 is 0. The summed E-state index contributed by atoms with van der Waals surface area (Å²) in [6.07, 6.45) is 1.10. The average molecular weight is 402 g/mol. The van der Waals surface area contributed by atoms with Gasteiger partial charge in [-0.2, -0.15) is 12.7 Å². The van der Waals surface area contributed by atoms with Crippen LogP contribution in [0.15, 0.2) is 42.5 Å². The fourth-order valence-corrected chi connectivity index (χ4v) is 4.66. The van der Waals surface area contributed by atoms with Crippen molar-refractivity contribution >= 4 is 16.0 Å². The Balaban J connectivity index is 1.62. The summed E-state index contributed by atoms with van der Waals surface area (Å²) < 4.78 is 35.9. The maximum absolute atomic E-state index is 12.9. The topological polar surface area (TPSA) is 98.9 Å². The lowest BCUT2D eigenvalue weighted by Crippen LogP contribution is -2.53. The lowest BCUT2D eigenvalue weighted by Gasteiger charge is -2.43. The molecule has 1 spiro atoms. The van der Waals surface area contributed by atoms with Crippen molar-refractivity contribution in [3.63, 3.8) is 0 Å². The summed E-state index contributed by atoms with van der Waals surface area (Å²) in [6, 6.07) is 13.2. The summed E-state index contributed by atoms with van der Waals surface area (Å²) in [4.78, 5) is 12.9. The molecular weight excluding hydrogens is 380 g/mol. The number of rotatable bonds is 3. The number of hydrogen-bond donors (Lipinski definition) is 1. The zero-order valence-corrected chi connectivity index (χ0v) is 16.4. The summed E-state index contributed by atoms with van der Waals surface area (Å²) in [5, 5.41) is 5.21. The average Bonchev–Trinajstić information content (AvgIpc) is 2.67. The zero-order chi connectivity index (χ0) is 19.9. The van der Waals surface area contributed by atoms with Gasteiger partial charge in [-0.1, -0.05) is 24.3 Å². The number of nitrogens with zero attached hydrogens (tertiary/aromatic N) is 1. The van der Waals surface area contributed by atoms with Gasteiger partial charge < -0.3 is 9.47 Å². The van der Waals surface area contributed by atoms with E-state index < -0.39 is 15.8 Å². The molecule has 1 fully saturated rings. The molecule has 2 aliphatic rings. The van der Waals surface area contributed by atoms with Gasteiger partial charge in [0.2, 0.25) is 0 Å². The minimum absolute atomic E-state index is 0.00190. The van der Waals surface area contributed by atoms with Gasteiger partial charge in [-0.15, -0.1) is 0 Å². The number of piperidine rings is 1. The molecule has 148 valence electrons. The third-order valence-corrected chi connectivity index (χ3v) is 6.59. The van der Waals surface area contributed by atoms with Crippen LogP contribution in [0.1, 0.15) is 29.6 Å². The van der Waals surface area contributed by atoms with Gasteiger partial charge in [-0.05, 0) is 23.8 Å². The number of nitrogens with two attached hydrogens (primary N) is 1. The van der Waals surface area contributed by atoms with Crippen LogP contribution in [-0.4, -0.2) is 44.3 Å². The molecule has 0 bridgehead atoms. The van der Waals surface area contributed by atoms with E-state index in [1.165, 1.54) is 4.31 Å². The molecule has 7 nitrogen and oxygen atoms in total. The highest BCUT2D eigenvalue weighted by Crippen LogP contribution is 2.41. The summed E-state index contributed by atoms with van der Waals surface area (Å²) in [7, 11) is -2.10. The van der Waals surface area contributed by atoms with E-state index in [0.29, 0.717) is 24.2 Å². The number of ketones is 1. The highest BCUT2D eigenvalue weighted by molar-refractivity contribution is 7.86. The van der Waals surface area contributed by atoms with E-state index in [1.807, 2.05) is 42.5 Å². The Hall–Kier alpha value is -2.42. The van der Waals surface area contributed by atoms with E-state index in [2.05, 4.69) is 0 Å². The monoisotopic (exact) mass is 402 g/mol. The maximum Gasteiger partial charge on any atom is 0.276 e. The van der Waals surface area contributed by atoms with Gasteiger partial charge in [0, 0.05) is 31.5 Å². The number of fused-ring (bicyclic) bond motifs is 1. The fourth-order valence-electron chi connectivity index (χ4n) is 3.97. The molecule has 0 aliphatic carbocycles. The molecular formula is C20H22N2O5S. The maximum atomic E-state index is 12.9. The molecule has 8 heteroatoms. The Morgan fingerprint density at radius 1 is 1.11 bits per heavy atom. The first kappa shape index (κ1) is 18.9. The van der Waals surface area contributed by atoms with Gasteiger partial charge in [-0.3, -0.25) is 4.79 Å². The highest BCUT2D eigenvalue weighted by Gasteiger charge is 2.44. The summed E-state index contributed by atoms with van der Waals surface area (Å²) in [5.74, 6) is 1.28. The van der Waals surface area contributed by atoms with Crippen LogP contribution in [-0.2, 0) is 10.2 Å². The van der Waals surface area contributed by atoms with E-state index in [1.54, 1.807) is 7.11 Å². The second-order valence-electron chi connectivity index (χ2n) is 7.24. The molecule has 1 saturated heterocycles. The van der Waals surface area contributed by atoms with Gasteiger partial charge in [0.15, 0.2) is 5.78 Å². The molecule has 0 radical (unpaired) electrons. The SMILES string of the molecule is COc1ccccc1-c1ccc2c(c1)C(=O)CC1(CCN(S(N)(=O)=O)CC1)O2. The van der Waals surface area contributed by atoms with Crippen molar-refractivity contribution in [1.29, 1.82) is 0 Å². The van der Waals surface area contributed by atoms with Crippen molar-refractivity contribution in [3.8, 4) is 22.6 Å². The minimum atomic E-state index is -3.72. The largest absolute Gasteiger partial charge is 0.496 e. The number of Topliss-reactive ketones (excluding diaryl/α,β-unsaturated/α-hetero) is 1. The number of benzene rings is 2. The van der Waals surface area contributed by atoms with Crippen LogP contribution in [0.2, 0.25) is 0 Å². The Bertz CT molecular complexity index is 1030. The predicted molar refractivity (Wildman–Crippen MR) is 105 cm³/mol. The number of methoxy groups -OCH3 is 1. The molecule has 0 atom stereocenters. The van der Waals surface area contributed by atoms with Crippen LogP contribution in [0.5, 0.6) is 11.5 Å². The van der Waals surface area contributed by atoms with E-state index in [-0.39, 0.29) is 25.3 Å². The van der Waals surface area contributed by atoms with E-state index in [4.69, 9.17) is 14.6 Å². The van der Waals surface area contributed by atoms with Crippen LogP contribution < -0.4 is 14.6 Å². The van der Waals surface area contributed by atoms with Gasteiger partial charge in [0.25, 0.3) is 10.2 Å². The molecule has 0 amide bonds. The third-order valence-electron chi connectivity index (χ3n) is 5.50. The molecule has 0 aromatic heterocycles. The Labute approximate surface area is 164 Å². The van der Waals surface area contributed by atoms with E-state index >= 15 is 0 Å². The van der Waals surface area contributed by atoms with E-state index in [9.17, 15) is 13.2 Å². The van der Waals surface area contributed by atoms with Crippen LogP contribution in [0.4, 0.5) is 0 Å². The first-order valence-corrected chi connectivity index (χ1v) is 10.6. The molecule has 2 aliphatic heterocycles. The predicted octanol–water partition coefficient (Wildman–Crippen LogP) is 2.37. The fraction of sp³-hybridized carbons (Fsp3) is 0.350. The van der Waals surface area contributed by atoms with Crippen LogP contribution in [0, 0.1) is 0 Å². The quantitative estimate of drug-likeness (QED) is 0.850. The van der Waals surface area contributed by atoms with Gasteiger partial charge in [0.1, 0.15) is 17.1 Å². The van der Waals surface area contributed by atoms with Gasteiger partial charge in [-0.25, -0.2) is 5.14 Å². The van der Waals surface area contributed by atoms with Crippen molar-refractivity contribution in [3.05, 3.63) is 48.0 Å². The van der Waals surface area contributed by atoms with Crippen LogP contribution in [0.25, 0.3) is 11.1 Å². The normalized spacial score (nSPS) is 19.1. The van der Waals surface area contributed by atoms with Crippen LogP contribution in [0.3, 0.4) is 0 Å². The number of carbonyl (C=O) groups excluding carboxylic acids is 1. The Morgan fingerprint density at radius 3 is 2.50 bits per heavy atom. The number of para-hydroxylation sites is 1. The van der Waals surface area contributed by atoms with Gasteiger partial charge in [0.05, 0.1) is 19.1 Å². The highest BCUT2D eigenvalue weighted by atomic mass is 32.2. The first-order valence-electron chi connectivity index (χ1n) is 9.09. The molecule has 4 rings (SSSR count). The van der Waals surface area contributed by atoms with Crippen molar-refractivity contribution in [2.24, 2.45) is 5.14 Å². The molecule has 2 aromatic carbocycles. The summed E-state index contributed by atoms with van der Waals surface area (Å²) in [5.41, 5.74) is 1.66. The third kappa shape index (κ3) is 3.39. The second-order valence-corrected chi connectivity index (χ2v) is 8.79. The molecule has 2 heterocycles. The molecule has 28 heavy (non-hydrogen) atoms. The molecule has 0 saturated carbocycles. The Morgan fingerprint density at radius 2 is 1.82 bits per heavy atom. The summed E-state index contributed by atoms with van der Waals surface area (Å²) in [6.45, 7) is 0.501. The lowest BCUT2D eigenvalue weighted by molar-refractivity contribution is 0.00594. The molecule has 2 aromatic rings. The minimum Gasteiger partial charge on any atom is -0.496 e. The second kappa shape index (κ2) is 6.88. The van der Waals surface area contributed by atoms with Crippen molar-refractivity contribution in [2.75, 3.05) is 20.2 Å². The molecule has 0 unspecified atom stereocenters. The standard InChI is InChI=1S/C20H22N2O5S/c1-26-18-5-3-2-4-15(18)14-6-7-19-16(12-14)17(23)13-20(27-19)8-10-22(11-9-20)28(21,24)25/h2-7,12H,8-11,13H2,1H3,(H2,21,24,25). The number of hydrogen-bond acceptors (Lipinski definition) is 5. The zero-order valence-electron chi connectivity index (χ0n) is 15.6. The van der Waals surface area contributed by atoms with E-state index in [0.717, 1.165) is 16.9 Å². The van der Waals surface area contributed by atoms with Gasteiger partial charge >= 0.3 is 0 Å². The molecule has 2 N–H and O–H groups in total. The smallest absolute Gasteiger partial charge is 0.276 e. The Kier molecular flexibility index (Phi) is 4.65. The number of ether oxygens (including phenoxy) is 2. The van der Waals surface area contributed by atoms with Crippen LogP contribution >= 0.6 is 0 Å². The number of carbonyl (C=O) groups is 1.